The fraction of sp³-hybridized carbons (Fsp3) is 0.588. The predicted molar refractivity (Wildman–Crippen MR) is 86.8 cm³/mol. The number of likely N-dealkylation sites (tertiary alicyclic amines) is 1. The minimum atomic E-state index is 0.618. The van der Waals surface area contributed by atoms with Gasteiger partial charge in [0, 0.05) is 18.8 Å². The van der Waals surface area contributed by atoms with E-state index in [0.717, 1.165) is 36.7 Å². The number of nitrogens with zero attached hydrogens (tertiary/aromatic N) is 5. The first-order chi connectivity index (χ1) is 10.8. The third-order valence-electron chi connectivity index (χ3n) is 4.42. The summed E-state index contributed by atoms with van der Waals surface area (Å²) in [5, 5.41) is 4.76. The molecule has 0 radical (unpaired) electrons. The second-order valence-corrected chi connectivity index (χ2v) is 6.26. The molecule has 2 aromatic heterocycles. The number of rotatable bonds is 6. The Morgan fingerprint density at radius 1 is 1.18 bits per heavy atom. The molecule has 3 heterocycles. The highest BCUT2D eigenvalue weighted by Gasteiger charge is 2.18. The van der Waals surface area contributed by atoms with Crippen LogP contribution in [0.1, 0.15) is 44.8 Å². The van der Waals surface area contributed by atoms with E-state index in [0.29, 0.717) is 5.92 Å². The highest BCUT2D eigenvalue weighted by atomic mass is 15.4. The average Bonchev–Trinajstić information content (AvgIpc) is 3.18. The molecule has 1 aliphatic rings. The van der Waals surface area contributed by atoms with Crippen LogP contribution in [0.15, 0.2) is 24.5 Å². The molecule has 118 valence electrons. The summed E-state index contributed by atoms with van der Waals surface area (Å²) in [6.07, 6.45) is 8.31. The van der Waals surface area contributed by atoms with E-state index in [4.69, 9.17) is 10.1 Å². The molecule has 0 amide bonds. The van der Waals surface area contributed by atoms with Crippen LogP contribution in [0.5, 0.6) is 0 Å². The lowest BCUT2D eigenvalue weighted by Gasteiger charge is -2.14. The molecule has 1 saturated heterocycles. The van der Waals surface area contributed by atoms with E-state index in [1.54, 1.807) is 0 Å². The topological polar surface area (TPSA) is 46.8 Å². The first kappa shape index (κ1) is 15.2. The van der Waals surface area contributed by atoms with Crippen molar-refractivity contribution >= 4 is 0 Å². The van der Waals surface area contributed by atoms with Gasteiger partial charge >= 0.3 is 0 Å². The van der Waals surface area contributed by atoms with Gasteiger partial charge in [-0.15, -0.1) is 0 Å². The quantitative estimate of drug-likeness (QED) is 0.823. The van der Waals surface area contributed by atoms with Crippen LogP contribution < -0.4 is 0 Å². The highest BCUT2D eigenvalue weighted by molar-refractivity contribution is 5.28. The zero-order chi connectivity index (χ0) is 15.4. The zero-order valence-corrected chi connectivity index (χ0v) is 13.6. The van der Waals surface area contributed by atoms with Gasteiger partial charge < -0.3 is 0 Å². The maximum atomic E-state index is 4.83. The van der Waals surface area contributed by atoms with Gasteiger partial charge in [0.15, 0.2) is 5.82 Å². The molecule has 2 aromatic rings. The summed E-state index contributed by atoms with van der Waals surface area (Å²) >= 11 is 0. The second kappa shape index (κ2) is 7.01. The Morgan fingerprint density at radius 3 is 2.59 bits per heavy atom. The molecule has 5 heteroatoms. The Kier molecular flexibility index (Phi) is 4.83. The van der Waals surface area contributed by atoms with E-state index in [-0.39, 0.29) is 0 Å². The fourth-order valence-electron chi connectivity index (χ4n) is 2.87. The smallest absolute Gasteiger partial charge is 0.151 e. The summed E-state index contributed by atoms with van der Waals surface area (Å²) in [6.45, 7) is 7.70. The minimum absolute atomic E-state index is 0.618. The van der Waals surface area contributed by atoms with Crippen LogP contribution in [0, 0.1) is 5.92 Å². The summed E-state index contributed by atoms with van der Waals surface area (Å²) in [5.74, 6) is 2.62. The molecule has 0 saturated carbocycles. The van der Waals surface area contributed by atoms with Gasteiger partial charge in [0.1, 0.15) is 5.82 Å². The van der Waals surface area contributed by atoms with E-state index < -0.39 is 0 Å². The van der Waals surface area contributed by atoms with E-state index in [9.17, 15) is 0 Å². The molecule has 1 atom stereocenters. The molecule has 5 nitrogen and oxygen atoms in total. The molecule has 0 spiro atoms. The number of aromatic nitrogens is 4. The zero-order valence-electron chi connectivity index (χ0n) is 13.6. The van der Waals surface area contributed by atoms with Crippen LogP contribution in [0.4, 0.5) is 0 Å². The normalized spacial score (nSPS) is 17.0. The average molecular weight is 299 g/mol. The van der Waals surface area contributed by atoms with Crippen molar-refractivity contribution in [1.82, 2.24) is 24.6 Å². The van der Waals surface area contributed by atoms with E-state index in [2.05, 4.69) is 23.7 Å². The second-order valence-electron chi connectivity index (χ2n) is 6.26. The van der Waals surface area contributed by atoms with Crippen LogP contribution in [-0.2, 0) is 13.0 Å². The van der Waals surface area contributed by atoms with E-state index in [1.807, 2.05) is 29.2 Å². The highest BCUT2D eigenvalue weighted by Crippen LogP contribution is 2.16. The molecule has 1 unspecified atom stereocenters. The van der Waals surface area contributed by atoms with Crippen molar-refractivity contribution in [3.05, 3.63) is 36.2 Å². The third-order valence-corrected chi connectivity index (χ3v) is 4.42. The van der Waals surface area contributed by atoms with Crippen molar-refractivity contribution in [3.63, 3.8) is 0 Å². The maximum absolute atomic E-state index is 4.83. The van der Waals surface area contributed by atoms with Crippen molar-refractivity contribution in [1.29, 1.82) is 0 Å². The molecular weight excluding hydrogens is 274 g/mol. The van der Waals surface area contributed by atoms with E-state index >= 15 is 0 Å². The van der Waals surface area contributed by atoms with Crippen molar-refractivity contribution in [2.75, 3.05) is 13.1 Å². The summed E-state index contributed by atoms with van der Waals surface area (Å²) in [4.78, 5) is 11.4. The summed E-state index contributed by atoms with van der Waals surface area (Å²) in [5.41, 5.74) is 1.05. The molecule has 3 rings (SSSR count). The van der Waals surface area contributed by atoms with Gasteiger partial charge in [-0.1, -0.05) is 20.3 Å². The van der Waals surface area contributed by atoms with Gasteiger partial charge in [0.2, 0.25) is 0 Å². The van der Waals surface area contributed by atoms with E-state index in [1.165, 1.54) is 25.9 Å². The Morgan fingerprint density at radius 2 is 1.91 bits per heavy atom. The van der Waals surface area contributed by atoms with Gasteiger partial charge in [0.05, 0.1) is 12.2 Å². The van der Waals surface area contributed by atoms with Crippen molar-refractivity contribution < 1.29 is 0 Å². The Hall–Kier alpha value is -1.75. The standard InChI is InChI=1S/C17H25N5/c1-3-14(2)12-16-19-17(13-21-10-4-5-11-21)22(20-16)15-6-8-18-9-7-15/h6-9,14H,3-5,10-13H2,1-2H3. The molecule has 22 heavy (non-hydrogen) atoms. The number of hydrogen-bond donors (Lipinski definition) is 0. The van der Waals surface area contributed by atoms with Crippen molar-refractivity contribution in [2.45, 2.75) is 46.1 Å². The molecule has 1 aliphatic heterocycles. The summed E-state index contributed by atoms with van der Waals surface area (Å²) in [6, 6.07) is 3.99. The van der Waals surface area contributed by atoms with Crippen LogP contribution in [0.3, 0.4) is 0 Å². The minimum Gasteiger partial charge on any atom is -0.296 e. The lowest BCUT2D eigenvalue weighted by molar-refractivity contribution is 0.319. The molecule has 1 fully saturated rings. The maximum Gasteiger partial charge on any atom is 0.151 e. The monoisotopic (exact) mass is 299 g/mol. The van der Waals surface area contributed by atoms with Gasteiger partial charge in [-0.25, -0.2) is 9.67 Å². The first-order valence-electron chi connectivity index (χ1n) is 8.34. The van der Waals surface area contributed by atoms with Crippen LogP contribution in [0.2, 0.25) is 0 Å². The van der Waals surface area contributed by atoms with Crippen LogP contribution >= 0.6 is 0 Å². The fourth-order valence-corrected chi connectivity index (χ4v) is 2.87. The first-order valence-corrected chi connectivity index (χ1v) is 8.34. The predicted octanol–water partition coefficient (Wildman–Crippen LogP) is 2.85. The molecule has 0 aliphatic carbocycles. The molecule has 0 aromatic carbocycles. The summed E-state index contributed by atoms with van der Waals surface area (Å²) < 4.78 is 2.00. The van der Waals surface area contributed by atoms with Gasteiger partial charge in [0.25, 0.3) is 0 Å². The molecular formula is C17H25N5. The number of hydrogen-bond acceptors (Lipinski definition) is 4. The molecule has 0 N–H and O–H groups in total. The lowest BCUT2D eigenvalue weighted by Crippen LogP contribution is -2.21. The van der Waals surface area contributed by atoms with Gasteiger partial charge in [-0.05, 0) is 44.0 Å². The Bertz CT molecular complexity index is 586. The van der Waals surface area contributed by atoms with Crippen molar-refractivity contribution in [3.8, 4) is 5.69 Å². The Balaban J connectivity index is 1.87. The van der Waals surface area contributed by atoms with Gasteiger partial charge in [-0.3, -0.25) is 9.88 Å². The third kappa shape index (κ3) is 3.53. The van der Waals surface area contributed by atoms with Crippen molar-refractivity contribution in [2.24, 2.45) is 5.92 Å². The van der Waals surface area contributed by atoms with Gasteiger partial charge in [-0.2, -0.15) is 5.10 Å². The van der Waals surface area contributed by atoms with Crippen LogP contribution in [-0.4, -0.2) is 37.7 Å². The summed E-state index contributed by atoms with van der Waals surface area (Å²) in [7, 11) is 0. The Labute approximate surface area is 132 Å². The molecule has 0 bridgehead atoms. The van der Waals surface area contributed by atoms with Crippen LogP contribution in [0.25, 0.3) is 5.69 Å². The SMILES string of the molecule is CCC(C)Cc1nc(CN2CCCC2)n(-c2ccncc2)n1. The lowest BCUT2D eigenvalue weighted by atomic mass is 10.1. The largest absolute Gasteiger partial charge is 0.296 e. The number of pyridine rings is 1.